The highest BCUT2D eigenvalue weighted by atomic mass is 16.5. The first kappa shape index (κ1) is 16.4. The fourth-order valence-corrected chi connectivity index (χ4v) is 4.22. The van der Waals surface area contributed by atoms with Crippen molar-refractivity contribution in [2.75, 3.05) is 7.11 Å². The summed E-state index contributed by atoms with van der Waals surface area (Å²) >= 11 is 0. The third-order valence-corrected chi connectivity index (χ3v) is 5.49. The third kappa shape index (κ3) is 1.95. The van der Waals surface area contributed by atoms with Crippen LogP contribution in [0.3, 0.4) is 0 Å². The van der Waals surface area contributed by atoms with Crippen molar-refractivity contribution < 1.29 is 19.1 Å². The van der Waals surface area contributed by atoms with E-state index >= 15 is 0 Å². The number of methoxy groups -OCH3 is 1. The Morgan fingerprint density at radius 1 is 1.25 bits per heavy atom. The van der Waals surface area contributed by atoms with E-state index < -0.39 is 28.3 Å². The average Bonchev–Trinajstić information content (AvgIpc) is 2.56. The molecule has 0 radical (unpaired) electrons. The van der Waals surface area contributed by atoms with E-state index in [4.69, 9.17) is 4.74 Å². The van der Waals surface area contributed by atoms with Crippen LogP contribution in [0.5, 0.6) is 5.75 Å². The van der Waals surface area contributed by atoms with Gasteiger partial charge in [0.1, 0.15) is 5.75 Å². The van der Waals surface area contributed by atoms with Crippen LogP contribution in [0.25, 0.3) is 0 Å². The highest BCUT2D eigenvalue weighted by Crippen LogP contribution is 2.53. The predicted octanol–water partition coefficient (Wildman–Crippen LogP) is 3.06. The molecule has 124 valence electrons. The molecule has 0 aliphatic heterocycles. The van der Waals surface area contributed by atoms with E-state index in [1.807, 2.05) is 6.92 Å². The molecule has 0 aromatic heterocycles. The lowest BCUT2D eigenvalue weighted by Crippen LogP contribution is -2.56. The van der Waals surface area contributed by atoms with Gasteiger partial charge in [-0.2, -0.15) is 0 Å². The molecule has 0 N–H and O–H groups in total. The van der Waals surface area contributed by atoms with Crippen LogP contribution in [0.2, 0.25) is 0 Å². The first-order valence-corrected chi connectivity index (χ1v) is 7.91. The van der Waals surface area contributed by atoms with Gasteiger partial charge in [0.25, 0.3) is 0 Å². The van der Waals surface area contributed by atoms with Crippen LogP contribution in [-0.2, 0) is 15.0 Å². The van der Waals surface area contributed by atoms with Crippen molar-refractivity contribution in [3.05, 3.63) is 54.1 Å². The molecule has 1 unspecified atom stereocenters. The number of fused-ring (bicyclic) bond motifs is 3. The summed E-state index contributed by atoms with van der Waals surface area (Å²) in [6.07, 6.45) is 5.27. The van der Waals surface area contributed by atoms with E-state index in [1.165, 1.54) is 6.08 Å². The second kappa shape index (κ2) is 5.26. The van der Waals surface area contributed by atoms with Crippen molar-refractivity contribution in [2.24, 2.45) is 11.3 Å². The number of ketones is 3. The highest BCUT2D eigenvalue weighted by Gasteiger charge is 2.59. The van der Waals surface area contributed by atoms with Gasteiger partial charge in [-0.05, 0) is 36.3 Å². The summed E-state index contributed by atoms with van der Waals surface area (Å²) in [6, 6.07) is 5.10. The molecular formula is C20H20O4. The summed E-state index contributed by atoms with van der Waals surface area (Å²) in [5.74, 6) is -1.30. The first-order chi connectivity index (χ1) is 11.3. The minimum atomic E-state index is -0.973. The fraction of sp³-hybridized carbons (Fsp3) is 0.350. The van der Waals surface area contributed by atoms with Crippen LogP contribution in [-0.4, -0.2) is 24.5 Å². The molecule has 0 bridgehead atoms. The van der Waals surface area contributed by atoms with Gasteiger partial charge in [-0.25, -0.2) is 0 Å². The van der Waals surface area contributed by atoms with E-state index in [1.54, 1.807) is 44.4 Å². The van der Waals surface area contributed by atoms with Crippen LogP contribution in [0.1, 0.15) is 36.2 Å². The van der Waals surface area contributed by atoms with E-state index in [2.05, 4.69) is 6.58 Å². The second-order valence-electron chi connectivity index (χ2n) is 6.93. The van der Waals surface area contributed by atoms with Gasteiger partial charge in [0, 0.05) is 16.4 Å². The Bertz CT molecular complexity index is 804. The SMILES string of the molecule is C=CC[C@]1(C)C(=O)C=C[C@]2(C)c3cc(OC)ccc3C(=O)C(=O)C12. The molecule has 0 fully saturated rings. The molecule has 24 heavy (non-hydrogen) atoms. The molecule has 0 spiro atoms. The van der Waals surface area contributed by atoms with Crippen molar-refractivity contribution in [2.45, 2.75) is 25.7 Å². The Hall–Kier alpha value is -2.49. The Morgan fingerprint density at radius 3 is 2.58 bits per heavy atom. The number of benzene rings is 1. The third-order valence-electron chi connectivity index (χ3n) is 5.49. The lowest BCUT2D eigenvalue weighted by atomic mass is 9.50. The van der Waals surface area contributed by atoms with E-state index in [9.17, 15) is 14.4 Å². The van der Waals surface area contributed by atoms with E-state index in [0.717, 1.165) is 5.56 Å². The molecule has 0 heterocycles. The first-order valence-electron chi connectivity index (χ1n) is 7.91. The van der Waals surface area contributed by atoms with Gasteiger partial charge in [-0.3, -0.25) is 14.4 Å². The van der Waals surface area contributed by atoms with Gasteiger partial charge in [0.2, 0.25) is 11.6 Å². The van der Waals surface area contributed by atoms with Crippen molar-refractivity contribution >= 4 is 17.3 Å². The topological polar surface area (TPSA) is 60.4 Å². The number of Topliss-reactive ketones (excluding diaryl/α,β-unsaturated/α-hetero) is 2. The predicted molar refractivity (Wildman–Crippen MR) is 90.2 cm³/mol. The summed E-state index contributed by atoms with van der Waals surface area (Å²) in [6.45, 7) is 7.38. The van der Waals surface area contributed by atoms with Crippen molar-refractivity contribution in [1.82, 2.24) is 0 Å². The highest BCUT2D eigenvalue weighted by molar-refractivity contribution is 6.46. The Morgan fingerprint density at radius 2 is 1.96 bits per heavy atom. The van der Waals surface area contributed by atoms with Crippen LogP contribution in [0.4, 0.5) is 0 Å². The normalized spacial score (nSPS) is 31.5. The lowest BCUT2D eigenvalue weighted by Gasteiger charge is -2.49. The largest absolute Gasteiger partial charge is 0.497 e. The van der Waals surface area contributed by atoms with Crippen LogP contribution < -0.4 is 4.74 Å². The number of hydrogen-bond donors (Lipinski definition) is 0. The van der Waals surface area contributed by atoms with Crippen LogP contribution in [0, 0.1) is 11.3 Å². The zero-order chi connectivity index (χ0) is 17.7. The Kier molecular flexibility index (Phi) is 3.59. The van der Waals surface area contributed by atoms with Gasteiger partial charge in [-0.1, -0.05) is 26.0 Å². The quantitative estimate of drug-likeness (QED) is 0.633. The molecule has 0 amide bonds. The van der Waals surface area contributed by atoms with Crippen molar-refractivity contribution in [3.63, 3.8) is 0 Å². The molecule has 1 aromatic rings. The average molecular weight is 324 g/mol. The molecule has 2 aliphatic carbocycles. The number of ether oxygens (including phenoxy) is 1. The second-order valence-corrected chi connectivity index (χ2v) is 6.93. The zero-order valence-electron chi connectivity index (χ0n) is 14.1. The molecule has 4 heteroatoms. The Balaban J connectivity index is 2.32. The van der Waals surface area contributed by atoms with Crippen LogP contribution in [0.15, 0.2) is 43.0 Å². The molecule has 1 aromatic carbocycles. The number of rotatable bonds is 3. The van der Waals surface area contributed by atoms with Gasteiger partial charge < -0.3 is 4.74 Å². The van der Waals surface area contributed by atoms with Gasteiger partial charge in [0.15, 0.2) is 5.78 Å². The van der Waals surface area contributed by atoms with E-state index in [-0.39, 0.29) is 5.78 Å². The molecule has 3 rings (SSSR count). The summed E-state index contributed by atoms with van der Waals surface area (Å²) in [7, 11) is 1.55. The maximum absolute atomic E-state index is 12.9. The summed E-state index contributed by atoms with van der Waals surface area (Å²) in [4.78, 5) is 38.1. The lowest BCUT2D eigenvalue weighted by molar-refractivity contribution is -0.137. The minimum absolute atomic E-state index is 0.141. The molecular weight excluding hydrogens is 304 g/mol. The monoisotopic (exact) mass is 324 g/mol. The van der Waals surface area contributed by atoms with Gasteiger partial charge >= 0.3 is 0 Å². The van der Waals surface area contributed by atoms with Crippen molar-refractivity contribution in [3.8, 4) is 5.75 Å². The van der Waals surface area contributed by atoms with Crippen molar-refractivity contribution in [1.29, 1.82) is 0 Å². The Labute approximate surface area is 141 Å². The smallest absolute Gasteiger partial charge is 0.229 e. The standard InChI is InChI=1S/C20H20O4/c1-5-9-20(3)15(21)8-10-19(2)14-11-12(24-4)6-7-13(14)16(22)17(23)18(19)20/h5-8,10-11,18H,1,9H2,2-4H3/t18?,19-,20-/m1/s1. The number of hydrogen-bond acceptors (Lipinski definition) is 4. The maximum atomic E-state index is 12.9. The zero-order valence-corrected chi connectivity index (χ0v) is 14.1. The molecule has 0 saturated heterocycles. The molecule has 3 atom stereocenters. The fourth-order valence-electron chi connectivity index (χ4n) is 4.22. The summed E-state index contributed by atoms with van der Waals surface area (Å²) in [5.41, 5.74) is -0.589. The number of carbonyl (C=O) groups is 3. The maximum Gasteiger partial charge on any atom is 0.229 e. The number of carbonyl (C=O) groups excluding carboxylic acids is 3. The number of allylic oxidation sites excluding steroid dienone is 3. The summed E-state index contributed by atoms with van der Waals surface area (Å²) < 4.78 is 5.28. The summed E-state index contributed by atoms with van der Waals surface area (Å²) in [5, 5.41) is 0. The van der Waals surface area contributed by atoms with Gasteiger partial charge in [-0.15, -0.1) is 6.58 Å². The van der Waals surface area contributed by atoms with Crippen LogP contribution >= 0.6 is 0 Å². The molecule has 4 nitrogen and oxygen atoms in total. The molecule has 0 saturated carbocycles. The van der Waals surface area contributed by atoms with E-state index in [0.29, 0.717) is 17.7 Å². The minimum Gasteiger partial charge on any atom is -0.497 e. The van der Waals surface area contributed by atoms with Gasteiger partial charge in [0.05, 0.1) is 13.0 Å². The molecule has 2 aliphatic rings.